The summed E-state index contributed by atoms with van der Waals surface area (Å²) in [6.07, 6.45) is 20.0. The van der Waals surface area contributed by atoms with E-state index in [0.29, 0.717) is 12.0 Å². The molecule has 27 heavy (non-hydrogen) atoms. The molecule has 0 fully saturated rings. The quantitative estimate of drug-likeness (QED) is 0.545. The lowest BCUT2D eigenvalue weighted by atomic mass is 9.85. The highest BCUT2D eigenvalue weighted by molar-refractivity contribution is 5.30. The molecule has 1 aliphatic carbocycles. The van der Waals surface area contributed by atoms with Crippen LogP contribution < -0.4 is 5.32 Å². The third-order valence-electron chi connectivity index (χ3n) is 4.31. The summed E-state index contributed by atoms with van der Waals surface area (Å²) in [6.45, 7) is 10.7. The molecule has 0 aromatic heterocycles. The Kier molecular flexibility index (Phi) is 12.0. The minimum Gasteiger partial charge on any atom is -0.385 e. The van der Waals surface area contributed by atoms with Crippen LogP contribution in [0.15, 0.2) is 78.6 Å². The van der Waals surface area contributed by atoms with E-state index < -0.39 is 0 Å². The first-order chi connectivity index (χ1) is 13.1. The molecule has 0 radical (unpaired) electrons. The predicted octanol–water partition coefficient (Wildman–Crippen LogP) is 7.56. The van der Waals surface area contributed by atoms with Crippen molar-refractivity contribution in [1.82, 2.24) is 5.32 Å². The zero-order valence-electron chi connectivity index (χ0n) is 18.0. The summed E-state index contributed by atoms with van der Waals surface area (Å²) in [5.41, 5.74) is 2.97. The molecule has 148 valence electrons. The third-order valence-corrected chi connectivity index (χ3v) is 4.31. The smallest absolute Gasteiger partial charge is 0.0480 e. The summed E-state index contributed by atoms with van der Waals surface area (Å²) >= 11 is 0. The molecular weight excluding hydrogens is 326 g/mol. The Hall–Kier alpha value is -2.02. The van der Waals surface area contributed by atoms with Gasteiger partial charge >= 0.3 is 0 Å². The summed E-state index contributed by atoms with van der Waals surface area (Å²) in [7, 11) is 0. The van der Waals surface area contributed by atoms with Crippen molar-refractivity contribution in [3.8, 4) is 0 Å². The van der Waals surface area contributed by atoms with Gasteiger partial charge in [0, 0.05) is 12.0 Å². The lowest BCUT2D eigenvalue weighted by molar-refractivity contribution is 0.532. The third kappa shape index (κ3) is 10.0. The van der Waals surface area contributed by atoms with Crippen LogP contribution in [-0.2, 0) is 0 Å². The Bertz CT molecular complexity index is 602. The lowest BCUT2D eigenvalue weighted by Crippen LogP contribution is -2.32. The zero-order chi connectivity index (χ0) is 19.9. The van der Waals surface area contributed by atoms with Gasteiger partial charge in [-0.25, -0.2) is 0 Å². The summed E-state index contributed by atoms with van der Waals surface area (Å²) in [5, 5.41) is 3.51. The Labute approximate surface area is 168 Å². The normalized spacial score (nSPS) is 20.9. The second-order valence-electron chi connectivity index (χ2n) is 7.75. The van der Waals surface area contributed by atoms with E-state index in [9.17, 15) is 0 Å². The maximum absolute atomic E-state index is 3.51. The molecule has 1 heteroatoms. The average Bonchev–Trinajstić information content (AvgIpc) is 2.70. The highest BCUT2D eigenvalue weighted by atomic mass is 14.9. The number of rotatable bonds is 3. The van der Waals surface area contributed by atoms with Crippen molar-refractivity contribution >= 4 is 0 Å². The fourth-order valence-electron chi connectivity index (χ4n) is 3.04. The zero-order valence-corrected chi connectivity index (χ0v) is 18.0. The highest BCUT2D eigenvalue weighted by Crippen LogP contribution is 2.29. The minimum atomic E-state index is 0.505. The fraction of sp³-hybridized carbons (Fsp3) is 0.462. The van der Waals surface area contributed by atoms with Gasteiger partial charge in [0.1, 0.15) is 0 Å². The summed E-state index contributed by atoms with van der Waals surface area (Å²) in [5.74, 6) is 1.38. The van der Waals surface area contributed by atoms with Gasteiger partial charge < -0.3 is 5.32 Å². The summed E-state index contributed by atoms with van der Waals surface area (Å²) in [4.78, 5) is 0. The molecule has 2 atom stereocenters. The van der Waals surface area contributed by atoms with Crippen molar-refractivity contribution in [2.24, 2.45) is 5.92 Å². The molecule has 1 aliphatic heterocycles. The molecule has 1 N–H and O–H groups in total. The molecule has 2 unspecified atom stereocenters. The number of hydrogen-bond acceptors (Lipinski definition) is 1. The van der Waals surface area contributed by atoms with Crippen molar-refractivity contribution in [2.75, 3.05) is 0 Å². The van der Waals surface area contributed by atoms with Crippen LogP contribution in [0.1, 0.15) is 71.8 Å². The number of nitrogens with one attached hydrogen (secondary N) is 1. The molecule has 0 saturated carbocycles. The molecule has 1 nitrogen and oxygen atoms in total. The van der Waals surface area contributed by atoms with Gasteiger partial charge in [0.25, 0.3) is 0 Å². The van der Waals surface area contributed by atoms with Gasteiger partial charge in [0.05, 0.1) is 0 Å². The molecule has 1 heterocycles. The van der Waals surface area contributed by atoms with Gasteiger partial charge in [-0.1, -0.05) is 94.5 Å². The first-order valence-corrected chi connectivity index (χ1v) is 10.5. The fourth-order valence-corrected chi connectivity index (χ4v) is 3.04. The standard InChI is InChI=1S/C17H19N.C5H10.C4H10/c1-3-7-14(8-4-1)16-11-12-18-17(13-16)15-9-5-2-6-10-15;1-3-5-4-2;1-4(2)3/h1-5,7-9,11-12,16-18H,6,10,13H2;3,5H,4H2,1-2H3;4H,1-3H3. The second kappa shape index (κ2) is 14.1. The monoisotopic (exact) mass is 365 g/mol. The predicted molar refractivity (Wildman–Crippen MR) is 122 cm³/mol. The van der Waals surface area contributed by atoms with Crippen molar-refractivity contribution in [3.05, 3.63) is 84.1 Å². The maximum atomic E-state index is 3.51. The van der Waals surface area contributed by atoms with Gasteiger partial charge in [-0.05, 0) is 55.9 Å². The van der Waals surface area contributed by atoms with Crippen molar-refractivity contribution in [3.63, 3.8) is 0 Å². The molecule has 1 aromatic carbocycles. The minimum absolute atomic E-state index is 0.505. The number of allylic oxidation sites excluding steroid dienone is 6. The van der Waals surface area contributed by atoms with Gasteiger partial charge in [-0.15, -0.1) is 0 Å². The van der Waals surface area contributed by atoms with Crippen LogP contribution in [0.3, 0.4) is 0 Å². The Morgan fingerprint density at radius 1 is 1.15 bits per heavy atom. The molecule has 0 saturated heterocycles. The maximum Gasteiger partial charge on any atom is 0.0480 e. The van der Waals surface area contributed by atoms with Crippen LogP contribution in [0.5, 0.6) is 0 Å². The molecule has 0 spiro atoms. The summed E-state index contributed by atoms with van der Waals surface area (Å²) in [6, 6.07) is 11.3. The van der Waals surface area contributed by atoms with Gasteiger partial charge in [0.2, 0.25) is 0 Å². The van der Waals surface area contributed by atoms with Crippen LogP contribution in [0.25, 0.3) is 0 Å². The van der Waals surface area contributed by atoms with E-state index in [1.165, 1.54) is 24.8 Å². The Balaban J connectivity index is 0.000000342. The average molecular weight is 366 g/mol. The molecule has 3 rings (SSSR count). The molecule has 1 aromatic rings. The molecule has 0 bridgehead atoms. The number of benzene rings is 1. The van der Waals surface area contributed by atoms with Gasteiger partial charge in [0.15, 0.2) is 0 Å². The largest absolute Gasteiger partial charge is 0.385 e. The van der Waals surface area contributed by atoms with Crippen LogP contribution in [0.4, 0.5) is 0 Å². The topological polar surface area (TPSA) is 12.0 Å². The number of hydrogen-bond donors (Lipinski definition) is 1. The van der Waals surface area contributed by atoms with E-state index in [4.69, 9.17) is 0 Å². The van der Waals surface area contributed by atoms with Crippen LogP contribution >= 0.6 is 0 Å². The van der Waals surface area contributed by atoms with Gasteiger partial charge in [-0.2, -0.15) is 0 Å². The first kappa shape index (κ1) is 23.0. The van der Waals surface area contributed by atoms with E-state index in [2.05, 4.69) is 106 Å². The van der Waals surface area contributed by atoms with E-state index >= 15 is 0 Å². The lowest BCUT2D eigenvalue weighted by Gasteiger charge is -2.29. The van der Waals surface area contributed by atoms with Gasteiger partial charge in [-0.3, -0.25) is 0 Å². The molecule has 2 aliphatic rings. The molecular formula is C26H39N. The van der Waals surface area contributed by atoms with E-state index in [1.54, 1.807) is 5.57 Å². The molecule has 0 amide bonds. The van der Waals surface area contributed by atoms with E-state index in [1.807, 2.05) is 6.92 Å². The van der Waals surface area contributed by atoms with E-state index in [0.717, 1.165) is 12.3 Å². The van der Waals surface area contributed by atoms with E-state index in [-0.39, 0.29) is 0 Å². The highest BCUT2D eigenvalue weighted by Gasteiger charge is 2.21. The first-order valence-electron chi connectivity index (χ1n) is 10.5. The van der Waals surface area contributed by atoms with Crippen LogP contribution in [-0.4, -0.2) is 6.04 Å². The van der Waals surface area contributed by atoms with Crippen molar-refractivity contribution < 1.29 is 0 Å². The van der Waals surface area contributed by atoms with Crippen molar-refractivity contribution in [2.45, 2.75) is 72.3 Å². The van der Waals surface area contributed by atoms with Crippen LogP contribution in [0.2, 0.25) is 0 Å². The Morgan fingerprint density at radius 3 is 2.37 bits per heavy atom. The van der Waals surface area contributed by atoms with Crippen LogP contribution in [0, 0.1) is 5.92 Å². The Morgan fingerprint density at radius 2 is 1.85 bits per heavy atom. The SMILES string of the molecule is C1=CCCC(C2CC(c3ccccc3)C=CN2)=C1.CC(C)C.CC=CCC. The second-order valence-corrected chi connectivity index (χ2v) is 7.75. The summed E-state index contributed by atoms with van der Waals surface area (Å²) < 4.78 is 0. The van der Waals surface area contributed by atoms with Crippen molar-refractivity contribution in [1.29, 1.82) is 0 Å².